The van der Waals surface area contributed by atoms with Gasteiger partial charge in [0.1, 0.15) is 29.9 Å². The van der Waals surface area contributed by atoms with Gasteiger partial charge in [-0.05, 0) is 25.8 Å². The van der Waals surface area contributed by atoms with E-state index in [-0.39, 0.29) is 19.4 Å². The second-order valence-corrected chi connectivity index (χ2v) is 10.2. The van der Waals surface area contributed by atoms with Gasteiger partial charge >= 0.3 is 11.9 Å². The Balaban J connectivity index is 1.98. The van der Waals surface area contributed by atoms with Crippen molar-refractivity contribution in [3.63, 3.8) is 0 Å². The van der Waals surface area contributed by atoms with Crippen molar-refractivity contribution in [1.29, 1.82) is 0 Å². The number of fused-ring (bicyclic) bond motifs is 2. The molecule has 1 aromatic rings. The van der Waals surface area contributed by atoms with E-state index in [1.165, 1.54) is 13.2 Å². The van der Waals surface area contributed by atoms with Gasteiger partial charge in [-0.1, -0.05) is 13.8 Å². The van der Waals surface area contributed by atoms with Crippen molar-refractivity contribution in [1.82, 2.24) is 0 Å². The molecule has 2 fully saturated rings. The highest BCUT2D eigenvalue weighted by Crippen LogP contribution is 2.66. The molecular weight excluding hydrogens is 432 g/mol. The summed E-state index contributed by atoms with van der Waals surface area (Å²) < 4.78 is 22.7. The van der Waals surface area contributed by atoms with Crippen LogP contribution in [0, 0.1) is 22.7 Å². The number of rotatable bonds is 4. The number of carbonyl (C=O) groups is 3. The van der Waals surface area contributed by atoms with Crippen molar-refractivity contribution in [3.05, 3.63) is 23.7 Å². The summed E-state index contributed by atoms with van der Waals surface area (Å²) in [6.45, 7) is 8.35. The predicted octanol–water partition coefficient (Wildman–Crippen LogP) is 1.73. The average molecular weight is 465 g/mol. The fraction of sp³-hybridized carbons (Fsp3) is 0.708. The van der Waals surface area contributed by atoms with E-state index in [1.807, 2.05) is 13.8 Å². The number of aliphatic hydroxyl groups is 2. The van der Waals surface area contributed by atoms with Crippen LogP contribution in [0.1, 0.15) is 58.3 Å². The van der Waals surface area contributed by atoms with Crippen LogP contribution in [-0.2, 0) is 35.0 Å². The number of ether oxygens (including phenoxy) is 3. The second kappa shape index (κ2) is 7.92. The molecule has 9 nitrogen and oxygen atoms in total. The van der Waals surface area contributed by atoms with Crippen LogP contribution in [0.4, 0.5) is 0 Å². The normalized spacial score (nSPS) is 41.2. The highest BCUT2D eigenvalue weighted by Gasteiger charge is 2.76. The Morgan fingerprint density at radius 3 is 2.52 bits per heavy atom. The molecule has 1 aliphatic heterocycles. The van der Waals surface area contributed by atoms with Crippen molar-refractivity contribution in [3.8, 4) is 0 Å². The Morgan fingerprint density at radius 1 is 1.27 bits per heavy atom. The van der Waals surface area contributed by atoms with E-state index in [1.54, 1.807) is 19.9 Å². The van der Waals surface area contributed by atoms with E-state index < -0.39 is 64.6 Å². The number of hydrogen-bond acceptors (Lipinski definition) is 9. The van der Waals surface area contributed by atoms with Crippen LogP contribution >= 0.6 is 0 Å². The minimum atomic E-state index is -1.58. The van der Waals surface area contributed by atoms with E-state index in [0.29, 0.717) is 11.3 Å². The van der Waals surface area contributed by atoms with Gasteiger partial charge in [-0.3, -0.25) is 9.59 Å². The highest BCUT2D eigenvalue weighted by atomic mass is 16.6. The third kappa shape index (κ3) is 3.12. The fourth-order valence-corrected chi connectivity index (χ4v) is 6.99. The molecule has 1 saturated carbocycles. The maximum atomic E-state index is 13.2. The van der Waals surface area contributed by atoms with Crippen molar-refractivity contribution in [2.45, 2.75) is 77.5 Å². The van der Waals surface area contributed by atoms with Crippen molar-refractivity contribution >= 4 is 18.2 Å². The Hall–Kier alpha value is -2.23. The minimum Gasteiger partial charge on any atom is -0.469 e. The van der Waals surface area contributed by atoms with Crippen LogP contribution in [0.5, 0.6) is 0 Å². The molecule has 4 rings (SSSR count). The number of aliphatic hydroxyl groups excluding tert-OH is 2. The molecule has 33 heavy (non-hydrogen) atoms. The SMILES string of the molecule is CCOC(=O)[C@@H]1c2ccoc2C[C@H]2[C@H]1[C@@H](OC(C)=O)[C@H](O)[C@]1(O[C@@H](O)CC1(C)C)[C@]2(C)C=O. The van der Waals surface area contributed by atoms with Crippen molar-refractivity contribution < 1.29 is 43.2 Å². The van der Waals surface area contributed by atoms with Gasteiger partial charge in [-0.15, -0.1) is 0 Å². The number of carbonyl (C=O) groups excluding carboxylic acids is 3. The zero-order valence-electron chi connectivity index (χ0n) is 19.6. The van der Waals surface area contributed by atoms with Gasteiger partial charge in [-0.2, -0.15) is 0 Å². The standard InChI is InChI=1S/C24H32O9/c1-6-30-21(29)17-13-7-8-31-15(13)9-14-18(17)19(32-12(2)26)20(28)24(23(14,5)11-25)22(3,4)10-16(27)33-24/h7-8,11,14,16-20,27-28H,6,9-10H2,1-5H3/t14-,16+,17+,18+,19+,20-,23+,24+/m0/s1. The average Bonchev–Trinajstić information content (AvgIpc) is 3.29. The van der Waals surface area contributed by atoms with Gasteiger partial charge in [0.05, 0.1) is 24.2 Å². The molecule has 1 spiro atoms. The van der Waals surface area contributed by atoms with Gasteiger partial charge in [0.15, 0.2) is 6.29 Å². The summed E-state index contributed by atoms with van der Waals surface area (Å²) in [6, 6.07) is 1.67. The number of hydrogen-bond donors (Lipinski definition) is 2. The van der Waals surface area contributed by atoms with E-state index in [4.69, 9.17) is 18.6 Å². The minimum absolute atomic E-state index is 0.137. The Labute approximate surface area is 192 Å². The molecular formula is C24H32O9. The molecule has 9 heteroatoms. The molecule has 0 bridgehead atoms. The van der Waals surface area contributed by atoms with Crippen LogP contribution in [0.15, 0.2) is 16.7 Å². The number of esters is 2. The monoisotopic (exact) mass is 464 g/mol. The zero-order chi connectivity index (χ0) is 24.3. The lowest BCUT2D eigenvalue weighted by Gasteiger charge is -2.63. The van der Waals surface area contributed by atoms with E-state index in [0.717, 1.165) is 6.29 Å². The molecule has 2 heterocycles. The molecule has 0 unspecified atom stereocenters. The van der Waals surface area contributed by atoms with Gasteiger partial charge in [-0.25, -0.2) is 0 Å². The highest BCUT2D eigenvalue weighted by molar-refractivity contribution is 5.80. The summed E-state index contributed by atoms with van der Waals surface area (Å²) in [4.78, 5) is 38.3. The summed E-state index contributed by atoms with van der Waals surface area (Å²) >= 11 is 0. The van der Waals surface area contributed by atoms with Crippen molar-refractivity contribution in [2.24, 2.45) is 22.7 Å². The predicted molar refractivity (Wildman–Crippen MR) is 113 cm³/mol. The third-order valence-electron chi connectivity index (χ3n) is 8.15. The van der Waals surface area contributed by atoms with Crippen LogP contribution in [0.2, 0.25) is 0 Å². The molecule has 2 aliphatic carbocycles. The van der Waals surface area contributed by atoms with Gasteiger partial charge in [0, 0.05) is 36.7 Å². The number of aldehydes is 1. The van der Waals surface area contributed by atoms with E-state index in [2.05, 4.69) is 0 Å². The smallest absolute Gasteiger partial charge is 0.313 e. The lowest BCUT2D eigenvalue weighted by molar-refractivity contribution is -0.302. The summed E-state index contributed by atoms with van der Waals surface area (Å²) in [7, 11) is 0. The Kier molecular flexibility index (Phi) is 5.74. The summed E-state index contributed by atoms with van der Waals surface area (Å²) in [5.74, 6) is -2.95. The van der Waals surface area contributed by atoms with Crippen molar-refractivity contribution in [2.75, 3.05) is 6.61 Å². The molecule has 182 valence electrons. The van der Waals surface area contributed by atoms with Crippen LogP contribution in [-0.4, -0.2) is 59.1 Å². The molecule has 1 aromatic heterocycles. The maximum absolute atomic E-state index is 13.2. The van der Waals surface area contributed by atoms with E-state index in [9.17, 15) is 24.6 Å². The summed E-state index contributed by atoms with van der Waals surface area (Å²) in [5, 5.41) is 22.3. The van der Waals surface area contributed by atoms with Crippen LogP contribution in [0.3, 0.4) is 0 Å². The molecule has 0 amide bonds. The van der Waals surface area contributed by atoms with Crippen LogP contribution < -0.4 is 0 Å². The van der Waals surface area contributed by atoms with Crippen LogP contribution in [0.25, 0.3) is 0 Å². The number of furan rings is 1. The van der Waals surface area contributed by atoms with Gasteiger partial charge in [0.25, 0.3) is 0 Å². The van der Waals surface area contributed by atoms with E-state index >= 15 is 0 Å². The molecule has 8 atom stereocenters. The topological polar surface area (TPSA) is 133 Å². The third-order valence-corrected chi connectivity index (χ3v) is 8.15. The molecule has 3 aliphatic rings. The molecule has 2 N–H and O–H groups in total. The fourth-order valence-electron chi connectivity index (χ4n) is 6.99. The van der Waals surface area contributed by atoms with Gasteiger partial charge in [0.2, 0.25) is 0 Å². The first kappa shape index (κ1) is 23.9. The largest absolute Gasteiger partial charge is 0.469 e. The Morgan fingerprint density at radius 2 is 1.97 bits per heavy atom. The first-order valence-electron chi connectivity index (χ1n) is 11.4. The maximum Gasteiger partial charge on any atom is 0.313 e. The molecule has 0 aromatic carbocycles. The Bertz CT molecular complexity index is 951. The zero-order valence-corrected chi connectivity index (χ0v) is 19.6. The molecule has 1 saturated heterocycles. The van der Waals surface area contributed by atoms with Gasteiger partial charge < -0.3 is 33.6 Å². The lowest BCUT2D eigenvalue weighted by Crippen LogP contribution is -2.75. The second-order valence-electron chi connectivity index (χ2n) is 10.2. The first-order valence-corrected chi connectivity index (χ1v) is 11.4. The summed E-state index contributed by atoms with van der Waals surface area (Å²) in [5.41, 5.74) is -3.21. The molecule has 0 radical (unpaired) electrons. The quantitative estimate of drug-likeness (QED) is 0.505. The summed E-state index contributed by atoms with van der Waals surface area (Å²) in [6.07, 6.45) is -1.23. The lowest BCUT2D eigenvalue weighted by atomic mass is 9.44. The first-order chi connectivity index (χ1) is 15.4.